The van der Waals surface area contributed by atoms with E-state index in [9.17, 15) is 0 Å². The maximum Gasteiger partial charge on any atom is 0.00399 e. The van der Waals surface area contributed by atoms with Crippen molar-refractivity contribution in [1.82, 2.24) is 0 Å². The van der Waals surface area contributed by atoms with Crippen molar-refractivity contribution in [2.24, 2.45) is 5.73 Å². The maximum absolute atomic E-state index is 5.22. The monoisotopic (exact) mass is 113 g/mol. The molecule has 1 saturated carbocycles. The summed E-state index contributed by atoms with van der Waals surface area (Å²) >= 11 is 0. The Morgan fingerprint density at radius 3 is 1.50 bits per heavy atom. The minimum Gasteiger partial charge on any atom is -0.328 e. The highest BCUT2D eigenvalue weighted by Crippen LogP contribution is 2.13. The molecule has 0 amide bonds. The van der Waals surface area contributed by atoms with Crippen LogP contribution in [0.2, 0.25) is 0 Å². The summed E-state index contributed by atoms with van der Waals surface area (Å²) < 4.78 is 0. The van der Waals surface area contributed by atoms with E-state index in [-0.39, 0.29) is 17.1 Å². The minimum absolute atomic E-state index is 0. The van der Waals surface area contributed by atoms with Crippen LogP contribution in [0.1, 0.15) is 12.8 Å². The molecule has 0 aromatic carbocycles. The van der Waals surface area contributed by atoms with Crippen molar-refractivity contribution in [3.63, 3.8) is 0 Å². The van der Waals surface area contributed by atoms with Gasteiger partial charge in [-0.3, -0.25) is 4.70 Å². The van der Waals surface area contributed by atoms with E-state index in [1.807, 2.05) is 0 Å². The van der Waals surface area contributed by atoms with Gasteiger partial charge in [0.15, 0.2) is 0 Å². The quantitative estimate of drug-likeness (QED) is 0.491. The average Bonchev–Trinajstić information content (AvgIpc) is 1.75. The molecule has 0 heterocycles. The Bertz CT molecular complexity index is 30.0. The molecule has 0 radical (unpaired) electrons. The van der Waals surface area contributed by atoms with Crippen molar-refractivity contribution in [3.05, 3.63) is 0 Å². The summed E-state index contributed by atoms with van der Waals surface area (Å²) in [5.74, 6) is 0. The lowest BCUT2D eigenvalue weighted by Crippen LogP contribution is -1.94. The fourth-order valence-corrected chi connectivity index (χ4v) is 0.0962. The lowest BCUT2D eigenvalue weighted by Gasteiger charge is -1.58. The fourth-order valence-electron chi connectivity index (χ4n) is 0.0962. The van der Waals surface area contributed by atoms with Crippen LogP contribution in [0.3, 0.4) is 0 Å². The summed E-state index contributed by atoms with van der Waals surface area (Å²) in [5, 5.41) is 0. The molecule has 3 heteroatoms. The zero-order valence-electron chi connectivity index (χ0n) is 3.39. The molecule has 0 bridgehead atoms. The molecule has 1 fully saturated rings. The van der Waals surface area contributed by atoms with Crippen molar-refractivity contribution in [2.75, 3.05) is 0 Å². The van der Waals surface area contributed by atoms with Crippen molar-refractivity contribution in [1.29, 1.82) is 0 Å². The van der Waals surface area contributed by atoms with Crippen LogP contribution < -0.4 is 5.73 Å². The summed E-state index contributed by atoms with van der Waals surface area (Å²) in [5.41, 5.74) is 5.22. The highest BCUT2D eigenvalue weighted by Gasteiger charge is 2.13. The van der Waals surface area contributed by atoms with Gasteiger partial charge in [0, 0.05) is 6.04 Å². The Labute approximate surface area is 42.7 Å². The Morgan fingerprint density at radius 2 is 1.50 bits per heavy atom. The van der Waals surface area contributed by atoms with Gasteiger partial charge in [-0.25, -0.2) is 0 Å². The molecule has 0 aliphatic heterocycles. The largest absolute Gasteiger partial charge is 0.328 e. The van der Waals surface area contributed by atoms with Crippen molar-refractivity contribution >= 4 is 12.4 Å². The van der Waals surface area contributed by atoms with E-state index < -0.39 is 0 Å². The summed E-state index contributed by atoms with van der Waals surface area (Å²) in [7, 11) is 0. The van der Waals surface area contributed by atoms with Gasteiger partial charge >= 0.3 is 0 Å². The van der Waals surface area contributed by atoms with Crippen LogP contribution in [0.25, 0.3) is 0 Å². The highest BCUT2D eigenvalue weighted by molar-refractivity contribution is 5.85. The van der Waals surface area contributed by atoms with Gasteiger partial charge in [-0.1, -0.05) is 0 Å². The highest BCUT2D eigenvalue weighted by atomic mass is 35.5. The van der Waals surface area contributed by atoms with E-state index in [1.54, 1.807) is 0 Å². The van der Waals surface area contributed by atoms with E-state index >= 15 is 0 Å². The molecule has 0 saturated heterocycles. The Hall–Kier alpha value is 0.180. The number of nitrogens with two attached hydrogens (primary N) is 1. The fraction of sp³-hybridized carbons (Fsp3) is 1.00. The summed E-state index contributed by atoms with van der Waals surface area (Å²) in [6, 6.07) is 0.583. The van der Waals surface area contributed by atoms with Crippen molar-refractivity contribution in [2.45, 2.75) is 18.9 Å². The number of halogens is 2. The normalized spacial score (nSPS) is 17.5. The average molecular weight is 114 g/mol. The zero-order chi connectivity index (χ0) is 2.99. The second-order valence-corrected chi connectivity index (χ2v) is 1.34. The summed E-state index contributed by atoms with van der Waals surface area (Å²) in [4.78, 5) is 0. The summed E-state index contributed by atoms with van der Waals surface area (Å²) in [6.45, 7) is 0. The van der Waals surface area contributed by atoms with Crippen LogP contribution in [0.15, 0.2) is 0 Å². The van der Waals surface area contributed by atoms with Gasteiger partial charge in [0.1, 0.15) is 0 Å². The van der Waals surface area contributed by atoms with Gasteiger partial charge in [0.2, 0.25) is 0 Å². The van der Waals surface area contributed by atoms with Gasteiger partial charge in [-0.05, 0) is 12.8 Å². The van der Waals surface area contributed by atoms with Crippen molar-refractivity contribution < 1.29 is 4.70 Å². The van der Waals surface area contributed by atoms with Crippen LogP contribution >= 0.6 is 12.4 Å². The van der Waals surface area contributed by atoms with E-state index in [4.69, 9.17) is 5.73 Å². The molecule has 1 rings (SSSR count). The standard InChI is InChI=1S/C3H7N.ClH.FH/c4-3-1-2-3;;/h3H,1-2,4H2;2*1H. The number of rotatable bonds is 0. The van der Waals surface area contributed by atoms with Gasteiger partial charge in [0.25, 0.3) is 0 Å². The first-order chi connectivity index (χ1) is 1.89. The molecule has 0 aromatic rings. The third kappa shape index (κ3) is 4.18. The van der Waals surface area contributed by atoms with Gasteiger partial charge in [-0.15, -0.1) is 12.4 Å². The molecule has 40 valence electrons. The van der Waals surface area contributed by atoms with Crippen LogP contribution in [0.4, 0.5) is 4.70 Å². The molecule has 0 atom stereocenters. The smallest absolute Gasteiger partial charge is 0.00399 e. The zero-order valence-corrected chi connectivity index (χ0v) is 4.20. The van der Waals surface area contributed by atoms with Crippen LogP contribution in [-0.4, -0.2) is 6.04 Å². The maximum atomic E-state index is 5.22. The minimum atomic E-state index is 0. The number of hydrogen-bond acceptors (Lipinski definition) is 1. The Morgan fingerprint density at radius 1 is 1.33 bits per heavy atom. The molecule has 0 unspecified atom stereocenters. The molecule has 1 aliphatic carbocycles. The molecule has 1 aliphatic rings. The van der Waals surface area contributed by atoms with Crippen LogP contribution in [0, 0.1) is 0 Å². The van der Waals surface area contributed by atoms with Gasteiger partial charge < -0.3 is 5.73 Å². The van der Waals surface area contributed by atoms with E-state index in [0.717, 1.165) is 0 Å². The predicted octanol–water partition coefficient (Wildman–Crippen LogP) is 0.682. The molecule has 0 spiro atoms. The molecule has 2 N–H and O–H groups in total. The SMILES string of the molecule is Cl.F.NC1CC1. The van der Waals surface area contributed by atoms with E-state index in [1.165, 1.54) is 12.8 Å². The second-order valence-electron chi connectivity index (χ2n) is 1.34. The van der Waals surface area contributed by atoms with Crippen LogP contribution in [-0.2, 0) is 0 Å². The second kappa shape index (κ2) is 3.37. The predicted molar refractivity (Wildman–Crippen MR) is 27.0 cm³/mol. The third-order valence-electron chi connectivity index (χ3n) is 0.622. The lowest BCUT2D eigenvalue weighted by atomic mass is 10.8. The van der Waals surface area contributed by atoms with E-state index in [0.29, 0.717) is 6.04 Å². The molecule has 6 heavy (non-hydrogen) atoms. The Balaban J connectivity index is 0. The van der Waals surface area contributed by atoms with Gasteiger partial charge in [-0.2, -0.15) is 0 Å². The summed E-state index contributed by atoms with van der Waals surface area (Å²) in [6.07, 6.45) is 2.53. The topological polar surface area (TPSA) is 26.0 Å². The lowest BCUT2D eigenvalue weighted by molar-refractivity contribution is 1.07. The third-order valence-corrected chi connectivity index (χ3v) is 0.622. The first-order valence-electron chi connectivity index (χ1n) is 1.65. The van der Waals surface area contributed by atoms with Crippen molar-refractivity contribution in [3.8, 4) is 0 Å². The Kier molecular flexibility index (Phi) is 5.34. The van der Waals surface area contributed by atoms with Crippen LogP contribution in [0.5, 0.6) is 0 Å². The number of hydrogen-bond donors (Lipinski definition) is 1. The van der Waals surface area contributed by atoms with E-state index in [2.05, 4.69) is 0 Å². The van der Waals surface area contributed by atoms with Gasteiger partial charge in [0.05, 0.1) is 0 Å². The molecule has 0 aromatic heterocycles. The molecule has 1 nitrogen and oxygen atoms in total. The molecular formula is C3H9ClFN. The first-order valence-corrected chi connectivity index (χ1v) is 1.65. The first kappa shape index (κ1) is 9.49. The molecular weight excluding hydrogens is 104 g/mol.